The lowest BCUT2D eigenvalue weighted by molar-refractivity contribution is -0.125. The van der Waals surface area contributed by atoms with Crippen molar-refractivity contribution in [3.05, 3.63) is 30.3 Å². The molecule has 0 aliphatic carbocycles. The van der Waals surface area contributed by atoms with Gasteiger partial charge in [0.15, 0.2) is 11.2 Å². The van der Waals surface area contributed by atoms with E-state index >= 15 is 0 Å². The second kappa shape index (κ2) is 9.56. The number of halogens is 1. The van der Waals surface area contributed by atoms with Crippen molar-refractivity contribution in [1.82, 2.24) is 0 Å². The summed E-state index contributed by atoms with van der Waals surface area (Å²) in [7, 11) is 0. The summed E-state index contributed by atoms with van der Waals surface area (Å²) in [6.07, 6.45) is 5.57. The number of Topliss-reactive ketones (excluding diaryl/α,β-unsaturated/α-hetero) is 1. The van der Waals surface area contributed by atoms with Gasteiger partial charge in [0.1, 0.15) is 0 Å². The molecule has 0 N–H and O–H groups in total. The zero-order valence-electron chi connectivity index (χ0n) is 12.8. The van der Waals surface area contributed by atoms with Gasteiger partial charge in [-0.15, -0.1) is 11.6 Å². The van der Waals surface area contributed by atoms with Gasteiger partial charge in [-0.05, 0) is 25.5 Å². The van der Waals surface area contributed by atoms with Gasteiger partial charge in [-0.1, -0.05) is 50.8 Å². The molecule has 0 heterocycles. The van der Waals surface area contributed by atoms with E-state index in [1.54, 1.807) is 4.90 Å². The average Bonchev–Trinajstić information content (AvgIpc) is 2.50. The summed E-state index contributed by atoms with van der Waals surface area (Å²) in [5.41, 5.74) is 0.796. The number of unbranched alkanes of at least 4 members (excludes halogenated alkanes) is 4. The number of alkyl halides is 1. The van der Waals surface area contributed by atoms with Crippen LogP contribution in [0.25, 0.3) is 0 Å². The lowest BCUT2D eigenvalue weighted by Crippen LogP contribution is -2.40. The molecule has 0 radical (unpaired) electrons. The van der Waals surface area contributed by atoms with Crippen molar-refractivity contribution in [1.29, 1.82) is 0 Å². The van der Waals surface area contributed by atoms with E-state index in [0.29, 0.717) is 6.54 Å². The van der Waals surface area contributed by atoms with Crippen LogP contribution < -0.4 is 4.90 Å². The third-order valence-electron chi connectivity index (χ3n) is 3.39. The van der Waals surface area contributed by atoms with Crippen LogP contribution in [0.2, 0.25) is 0 Å². The van der Waals surface area contributed by atoms with E-state index in [1.165, 1.54) is 26.2 Å². The largest absolute Gasteiger partial charge is 0.311 e. The van der Waals surface area contributed by atoms with Gasteiger partial charge in [-0.2, -0.15) is 0 Å². The van der Waals surface area contributed by atoms with Crippen LogP contribution in [-0.2, 0) is 9.59 Å². The molecule has 3 nitrogen and oxygen atoms in total. The number of hydrogen-bond acceptors (Lipinski definition) is 2. The highest BCUT2D eigenvalue weighted by molar-refractivity contribution is 6.43. The van der Waals surface area contributed by atoms with E-state index in [9.17, 15) is 9.59 Å². The Labute approximate surface area is 132 Å². The van der Waals surface area contributed by atoms with Gasteiger partial charge >= 0.3 is 0 Å². The number of carbonyl (C=O) groups excluding carboxylic acids is 2. The minimum Gasteiger partial charge on any atom is -0.311 e. The van der Waals surface area contributed by atoms with Crippen LogP contribution in [0.3, 0.4) is 0 Å². The lowest BCUT2D eigenvalue weighted by Gasteiger charge is -2.24. The zero-order valence-corrected chi connectivity index (χ0v) is 13.6. The fraction of sp³-hybridized carbons (Fsp3) is 0.529. The van der Waals surface area contributed by atoms with Crippen molar-refractivity contribution in [2.75, 3.05) is 11.4 Å². The van der Waals surface area contributed by atoms with Gasteiger partial charge in [0, 0.05) is 12.2 Å². The van der Waals surface area contributed by atoms with Crippen molar-refractivity contribution in [3.8, 4) is 0 Å². The Morgan fingerprint density at radius 1 is 1.10 bits per heavy atom. The molecule has 1 aromatic rings. The Kier molecular flexibility index (Phi) is 8.06. The number of rotatable bonds is 9. The number of carbonyl (C=O) groups is 2. The first-order chi connectivity index (χ1) is 10.1. The zero-order chi connectivity index (χ0) is 15.7. The van der Waals surface area contributed by atoms with Crippen molar-refractivity contribution < 1.29 is 9.59 Å². The molecule has 1 unspecified atom stereocenters. The van der Waals surface area contributed by atoms with Crippen molar-refractivity contribution in [3.63, 3.8) is 0 Å². The quantitative estimate of drug-likeness (QED) is 0.390. The Balaban J connectivity index is 2.71. The van der Waals surface area contributed by atoms with E-state index in [2.05, 4.69) is 6.92 Å². The highest BCUT2D eigenvalue weighted by Gasteiger charge is 2.26. The van der Waals surface area contributed by atoms with Crippen molar-refractivity contribution >= 4 is 29.0 Å². The Hall–Kier alpha value is -1.35. The van der Waals surface area contributed by atoms with Crippen LogP contribution in [0.1, 0.15) is 46.0 Å². The molecule has 0 saturated heterocycles. The lowest BCUT2D eigenvalue weighted by atomic mass is 10.1. The number of anilines is 1. The van der Waals surface area contributed by atoms with E-state index in [0.717, 1.165) is 18.5 Å². The summed E-state index contributed by atoms with van der Waals surface area (Å²) in [6, 6.07) is 9.39. The van der Waals surface area contributed by atoms with Crippen molar-refractivity contribution in [2.24, 2.45) is 0 Å². The number of nitrogens with zero attached hydrogens (tertiary/aromatic N) is 1. The van der Waals surface area contributed by atoms with Gasteiger partial charge in [-0.3, -0.25) is 9.59 Å². The van der Waals surface area contributed by atoms with E-state index in [-0.39, 0.29) is 11.7 Å². The summed E-state index contributed by atoms with van der Waals surface area (Å²) < 4.78 is 0. The molecule has 0 spiro atoms. The maximum Gasteiger partial charge on any atom is 0.252 e. The molecule has 0 fully saturated rings. The number of amides is 1. The molecular formula is C17H24ClNO2. The molecule has 1 amide bonds. The summed E-state index contributed by atoms with van der Waals surface area (Å²) in [6.45, 7) is 4.12. The van der Waals surface area contributed by atoms with Crippen LogP contribution in [0.4, 0.5) is 5.69 Å². The molecule has 1 rings (SSSR count). The molecule has 1 aromatic carbocycles. The van der Waals surface area contributed by atoms with Crippen LogP contribution in [-0.4, -0.2) is 23.6 Å². The van der Waals surface area contributed by atoms with E-state index in [1.807, 2.05) is 30.3 Å². The third kappa shape index (κ3) is 5.88. The predicted molar refractivity (Wildman–Crippen MR) is 87.9 cm³/mol. The van der Waals surface area contributed by atoms with Gasteiger partial charge in [-0.25, -0.2) is 0 Å². The first-order valence-electron chi connectivity index (χ1n) is 7.59. The summed E-state index contributed by atoms with van der Waals surface area (Å²) >= 11 is 5.93. The van der Waals surface area contributed by atoms with Crippen LogP contribution >= 0.6 is 11.6 Å². The summed E-state index contributed by atoms with van der Waals surface area (Å²) in [5, 5.41) is -1.10. The van der Waals surface area contributed by atoms with Gasteiger partial charge in [0.05, 0.1) is 0 Å². The van der Waals surface area contributed by atoms with E-state index < -0.39 is 5.38 Å². The summed E-state index contributed by atoms with van der Waals surface area (Å²) in [4.78, 5) is 25.4. The number of para-hydroxylation sites is 1. The first kappa shape index (κ1) is 17.7. The minimum absolute atomic E-state index is 0.311. The third-order valence-corrected chi connectivity index (χ3v) is 3.89. The molecule has 21 heavy (non-hydrogen) atoms. The maximum atomic E-state index is 12.4. The average molecular weight is 310 g/mol. The number of benzene rings is 1. The highest BCUT2D eigenvalue weighted by Crippen LogP contribution is 2.18. The molecule has 0 bridgehead atoms. The molecule has 1 atom stereocenters. The van der Waals surface area contributed by atoms with Crippen LogP contribution in [0.5, 0.6) is 0 Å². The standard InChI is InChI=1S/C17H24ClNO2/c1-3-4-5-6-10-13-19(15-11-8-7-9-12-15)17(21)16(18)14(2)20/h7-9,11-12,16H,3-6,10,13H2,1-2H3. The Morgan fingerprint density at radius 3 is 2.29 bits per heavy atom. The highest BCUT2D eigenvalue weighted by atomic mass is 35.5. The molecule has 4 heteroatoms. The second-order valence-electron chi connectivity index (χ2n) is 5.21. The Morgan fingerprint density at radius 2 is 1.71 bits per heavy atom. The second-order valence-corrected chi connectivity index (χ2v) is 5.65. The van der Waals surface area contributed by atoms with Crippen molar-refractivity contribution in [2.45, 2.75) is 51.3 Å². The predicted octanol–water partition coefficient (Wildman–Crippen LogP) is 4.19. The minimum atomic E-state index is -1.10. The molecule has 0 aromatic heterocycles. The molecule has 0 aliphatic heterocycles. The normalized spacial score (nSPS) is 12.0. The monoisotopic (exact) mass is 309 g/mol. The smallest absolute Gasteiger partial charge is 0.252 e. The topological polar surface area (TPSA) is 37.4 Å². The fourth-order valence-corrected chi connectivity index (χ4v) is 2.28. The summed E-state index contributed by atoms with van der Waals surface area (Å²) in [5.74, 6) is -0.639. The number of hydrogen-bond donors (Lipinski definition) is 0. The SMILES string of the molecule is CCCCCCCN(C(=O)C(Cl)C(C)=O)c1ccccc1. The van der Waals surface area contributed by atoms with Crippen LogP contribution in [0, 0.1) is 0 Å². The van der Waals surface area contributed by atoms with E-state index in [4.69, 9.17) is 11.6 Å². The Bertz CT molecular complexity index is 447. The van der Waals surface area contributed by atoms with Gasteiger partial charge < -0.3 is 4.90 Å². The van der Waals surface area contributed by atoms with Gasteiger partial charge in [0.2, 0.25) is 0 Å². The van der Waals surface area contributed by atoms with Gasteiger partial charge in [0.25, 0.3) is 5.91 Å². The first-order valence-corrected chi connectivity index (χ1v) is 8.02. The van der Waals surface area contributed by atoms with Crippen LogP contribution in [0.15, 0.2) is 30.3 Å². The molecule has 0 aliphatic rings. The number of ketones is 1. The maximum absolute atomic E-state index is 12.4. The molecular weight excluding hydrogens is 286 g/mol. The molecule has 0 saturated carbocycles. The fourth-order valence-electron chi connectivity index (χ4n) is 2.16. The molecule has 116 valence electrons.